The molecule has 0 aliphatic carbocycles. The Morgan fingerprint density at radius 1 is 0.345 bits per heavy atom. The van der Waals surface area contributed by atoms with E-state index in [1.807, 2.05) is 121 Å². The number of hydrogen-bond donors (Lipinski definition) is 0. The highest BCUT2D eigenvalue weighted by atomic mass is 16.3. The number of fused-ring (bicyclic) bond motifs is 3. The van der Waals surface area contributed by atoms with Crippen LogP contribution in [0.3, 0.4) is 0 Å². The Bertz CT molecular complexity index is 3100. The van der Waals surface area contributed by atoms with Crippen molar-refractivity contribution in [2.75, 3.05) is 0 Å². The van der Waals surface area contributed by atoms with Crippen LogP contribution in [0.25, 0.3) is 101 Å². The molecule has 10 rings (SSSR count). The van der Waals surface area contributed by atoms with Crippen LogP contribution in [0.1, 0.15) is 6.85 Å². The van der Waals surface area contributed by atoms with E-state index in [2.05, 4.69) is 48.5 Å². The predicted molar refractivity (Wildman–Crippen MR) is 225 cm³/mol. The van der Waals surface area contributed by atoms with Gasteiger partial charge < -0.3 is 4.42 Å². The van der Waals surface area contributed by atoms with E-state index in [0.29, 0.717) is 45.2 Å². The molecule has 0 amide bonds. The van der Waals surface area contributed by atoms with E-state index in [4.69, 9.17) is 26.2 Å². The lowest BCUT2D eigenvalue weighted by Gasteiger charge is -2.10. The molecule has 8 aromatic carbocycles. The van der Waals surface area contributed by atoms with E-state index in [0.717, 1.165) is 49.9 Å². The molecule has 0 radical (unpaired) electrons. The highest BCUT2D eigenvalue weighted by molar-refractivity contribution is 6.14. The molecule has 55 heavy (non-hydrogen) atoms. The minimum atomic E-state index is -0.443. The third-order valence-electron chi connectivity index (χ3n) is 9.84. The summed E-state index contributed by atoms with van der Waals surface area (Å²) in [6.07, 6.45) is 0. The van der Waals surface area contributed by atoms with Crippen LogP contribution in [0.2, 0.25) is 0 Å². The van der Waals surface area contributed by atoms with Crippen LogP contribution < -0.4 is 0 Å². The van der Waals surface area contributed by atoms with Crippen LogP contribution in [-0.2, 0) is 0 Å². The molecule has 0 N–H and O–H groups in total. The van der Waals surface area contributed by atoms with Gasteiger partial charge in [-0.2, -0.15) is 0 Å². The van der Waals surface area contributed by atoms with Gasteiger partial charge in [0, 0.05) is 27.5 Å². The second kappa shape index (κ2) is 13.8. The van der Waals surface area contributed by atoms with Gasteiger partial charge in [0.15, 0.2) is 17.5 Å². The highest BCUT2D eigenvalue weighted by Gasteiger charge is 2.18. The molecule has 0 aliphatic heterocycles. The van der Waals surface area contributed by atoms with Gasteiger partial charge >= 0.3 is 0 Å². The van der Waals surface area contributed by atoms with Crippen LogP contribution in [0.5, 0.6) is 0 Å². The summed E-state index contributed by atoms with van der Waals surface area (Å²) in [5.41, 5.74) is 10.1. The quantitative estimate of drug-likeness (QED) is 0.165. The third-order valence-corrected chi connectivity index (χ3v) is 9.84. The average Bonchev–Trinajstić information content (AvgIpc) is 3.69. The van der Waals surface area contributed by atoms with Crippen LogP contribution in [0.15, 0.2) is 204 Å². The molecular weight excluding hydrogens is 671 g/mol. The van der Waals surface area contributed by atoms with Crippen molar-refractivity contribution >= 4 is 21.9 Å². The molecule has 258 valence electrons. The Kier molecular flexibility index (Phi) is 6.85. The smallest absolute Gasteiger partial charge is 0.164 e. The van der Waals surface area contributed by atoms with Crippen molar-refractivity contribution in [1.82, 2.24) is 15.0 Å². The van der Waals surface area contributed by atoms with Crippen molar-refractivity contribution < 1.29 is 11.3 Å². The molecule has 4 nitrogen and oxygen atoms in total. The summed E-state index contributed by atoms with van der Waals surface area (Å²) in [5.74, 6) is 1.48. The topological polar surface area (TPSA) is 51.8 Å². The molecule has 0 saturated heterocycles. The standard InChI is InChI=1S/C51H33N3O/c1-5-13-34(14-6-1)37-21-25-40(26-22-37)49-52-50(41-27-23-38(24-28-41)35-15-7-2-8-16-35)54-51(53-49)42-29-30-44-46(32-42)55-47-33-43(36-17-9-3-10-18-36)31-45(48(44)47)39-19-11-4-12-20-39/h1-33H/i4D,11D,12D,19D,20D. The minimum Gasteiger partial charge on any atom is -0.456 e. The van der Waals surface area contributed by atoms with Crippen molar-refractivity contribution in [3.8, 4) is 78.7 Å². The summed E-state index contributed by atoms with van der Waals surface area (Å²) in [6, 6.07) is 54.3. The summed E-state index contributed by atoms with van der Waals surface area (Å²) in [4.78, 5) is 15.0. The summed E-state index contributed by atoms with van der Waals surface area (Å²) in [7, 11) is 0. The fourth-order valence-electron chi connectivity index (χ4n) is 7.07. The van der Waals surface area contributed by atoms with Crippen molar-refractivity contribution in [3.05, 3.63) is 200 Å². The molecule has 4 heteroatoms. The fraction of sp³-hybridized carbons (Fsp3) is 0. The van der Waals surface area contributed by atoms with Crippen LogP contribution in [0, 0.1) is 0 Å². The zero-order valence-corrected chi connectivity index (χ0v) is 29.4. The molecule has 0 atom stereocenters. The molecule has 2 heterocycles. The van der Waals surface area contributed by atoms with Crippen molar-refractivity contribution in [1.29, 1.82) is 0 Å². The normalized spacial score (nSPS) is 12.5. The van der Waals surface area contributed by atoms with E-state index in [9.17, 15) is 0 Å². The number of furan rings is 1. The zero-order chi connectivity index (χ0) is 40.9. The molecule has 2 aromatic heterocycles. The first-order valence-electron chi connectivity index (χ1n) is 20.5. The van der Waals surface area contributed by atoms with Gasteiger partial charge in [-0.1, -0.05) is 176 Å². The molecule has 0 bridgehead atoms. The maximum atomic E-state index is 8.90. The lowest BCUT2D eigenvalue weighted by atomic mass is 9.94. The second-order valence-corrected chi connectivity index (χ2v) is 13.3. The lowest BCUT2D eigenvalue weighted by Crippen LogP contribution is -2.00. The van der Waals surface area contributed by atoms with Gasteiger partial charge in [0.05, 0.1) is 6.85 Å². The molecular formula is C51H33N3O. The maximum Gasteiger partial charge on any atom is 0.164 e. The van der Waals surface area contributed by atoms with E-state index in [1.165, 1.54) is 0 Å². The van der Waals surface area contributed by atoms with Gasteiger partial charge in [0.1, 0.15) is 11.2 Å². The molecule has 0 spiro atoms. The van der Waals surface area contributed by atoms with E-state index >= 15 is 0 Å². The predicted octanol–water partition coefficient (Wildman–Crippen LogP) is 13.4. The Hall–Kier alpha value is -7.43. The van der Waals surface area contributed by atoms with Gasteiger partial charge in [-0.05, 0) is 68.8 Å². The van der Waals surface area contributed by atoms with E-state index < -0.39 is 18.1 Å². The van der Waals surface area contributed by atoms with Crippen molar-refractivity contribution in [3.63, 3.8) is 0 Å². The monoisotopic (exact) mass is 708 g/mol. The highest BCUT2D eigenvalue weighted by Crippen LogP contribution is 2.41. The van der Waals surface area contributed by atoms with Crippen molar-refractivity contribution in [2.45, 2.75) is 0 Å². The largest absolute Gasteiger partial charge is 0.456 e. The SMILES string of the molecule is [2H]c1c([2H])c([2H])c(-c2cc(-c3ccccc3)cc3oc4cc(-c5nc(-c6ccc(-c7ccccc7)cc6)nc(-c6ccc(-c7ccccc7)cc6)n5)ccc4c23)c([2H])c1[2H]. The number of nitrogens with zero attached hydrogens (tertiary/aromatic N) is 3. The first kappa shape index (κ1) is 27.2. The van der Waals surface area contributed by atoms with Crippen LogP contribution >= 0.6 is 0 Å². The first-order valence-corrected chi connectivity index (χ1v) is 18.0. The molecule has 10 aromatic rings. The number of benzene rings is 8. The number of aromatic nitrogens is 3. The zero-order valence-electron chi connectivity index (χ0n) is 34.4. The lowest BCUT2D eigenvalue weighted by molar-refractivity contribution is 0.669. The number of hydrogen-bond acceptors (Lipinski definition) is 4. The average molecular weight is 709 g/mol. The Morgan fingerprint density at radius 3 is 1.29 bits per heavy atom. The third kappa shape index (κ3) is 6.26. The molecule has 0 saturated carbocycles. The van der Waals surface area contributed by atoms with Crippen LogP contribution in [-0.4, -0.2) is 15.0 Å². The minimum absolute atomic E-state index is 0.110. The summed E-state index contributed by atoms with van der Waals surface area (Å²) >= 11 is 0. The van der Waals surface area contributed by atoms with Gasteiger partial charge in [-0.15, -0.1) is 0 Å². The van der Waals surface area contributed by atoms with E-state index in [-0.39, 0.29) is 17.6 Å². The molecule has 0 fully saturated rings. The second-order valence-electron chi connectivity index (χ2n) is 13.3. The summed E-state index contributed by atoms with van der Waals surface area (Å²) in [5, 5.41) is 1.36. The maximum absolute atomic E-state index is 8.90. The Morgan fingerprint density at radius 2 is 0.764 bits per heavy atom. The Labute approximate surface area is 326 Å². The van der Waals surface area contributed by atoms with Gasteiger partial charge in [-0.3, -0.25) is 0 Å². The van der Waals surface area contributed by atoms with Gasteiger partial charge in [0.2, 0.25) is 0 Å². The number of rotatable bonds is 7. The van der Waals surface area contributed by atoms with Crippen LogP contribution in [0.4, 0.5) is 0 Å². The summed E-state index contributed by atoms with van der Waals surface area (Å²) < 4.78 is 49.6. The molecule has 0 unspecified atom stereocenters. The van der Waals surface area contributed by atoms with Gasteiger partial charge in [-0.25, -0.2) is 15.0 Å². The summed E-state index contributed by atoms with van der Waals surface area (Å²) in [6.45, 7) is 0. The van der Waals surface area contributed by atoms with E-state index in [1.54, 1.807) is 0 Å². The van der Waals surface area contributed by atoms with Crippen molar-refractivity contribution in [2.24, 2.45) is 0 Å². The fourth-order valence-corrected chi connectivity index (χ4v) is 7.07. The Balaban J connectivity index is 1.14. The molecule has 0 aliphatic rings. The van der Waals surface area contributed by atoms with Gasteiger partial charge in [0.25, 0.3) is 0 Å². The first-order chi connectivity index (χ1) is 29.3.